The van der Waals surface area contributed by atoms with Crippen molar-refractivity contribution in [3.8, 4) is 11.5 Å². The van der Waals surface area contributed by atoms with Crippen LogP contribution in [-0.2, 0) is 0 Å². The van der Waals surface area contributed by atoms with Gasteiger partial charge in [0, 0.05) is 0 Å². The first-order valence-electron chi connectivity index (χ1n) is 4.35. The van der Waals surface area contributed by atoms with Gasteiger partial charge in [-0.3, -0.25) is 4.79 Å². The Labute approximate surface area is 92.8 Å². The Morgan fingerprint density at radius 1 is 1.60 bits per heavy atom. The lowest BCUT2D eigenvalue weighted by atomic mass is 10.1. The molecule has 0 bridgehead atoms. The SMILES string of the molecule is CNCC(=O)c1c(O)ccc(OC)c1Cl. The number of phenolic OH excluding ortho intramolecular Hbond substituents is 1. The van der Waals surface area contributed by atoms with Crippen LogP contribution in [0.15, 0.2) is 12.1 Å². The molecule has 0 atom stereocenters. The summed E-state index contributed by atoms with van der Waals surface area (Å²) in [5.41, 5.74) is 0.0883. The van der Waals surface area contributed by atoms with Crippen LogP contribution in [0.2, 0.25) is 5.02 Å². The first-order valence-corrected chi connectivity index (χ1v) is 4.72. The van der Waals surface area contributed by atoms with Crippen molar-refractivity contribution in [3.05, 3.63) is 22.7 Å². The van der Waals surface area contributed by atoms with Crippen molar-refractivity contribution in [2.45, 2.75) is 0 Å². The van der Waals surface area contributed by atoms with Crippen LogP contribution in [0.5, 0.6) is 11.5 Å². The van der Waals surface area contributed by atoms with E-state index >= 15 is 0 Å². The van der Waals surface area contributed by atoms with Crippen molar-refractivity contribution in [2.75, 3.05) is 20.7 Å². The third-order valence-corrected chi connectivity index (χ3v) is 2.30. The molecule has 1 aromatic rings. The van der Waals surface area contributed by atoms with Gasteiger partial charge in [-0.15, -0.1) is 0 Å². The van der Waals surface area contributed by atoms with Gasteiger partial charge in [-0.25, -0.2) is 0 Å². The number of halogens is 1. The number of hydrogen-bond donors (Lipinski definition) is 2. The quantitative estimate of drug-likeness (QED) is 0.768. The number of benzene rings is 1. The lowest BCUT2D eigenvalue weighted by Gasteiger charge is -2.09. The summed E-state index contributed by atoms with van der Waals surface area (Å²) in [7, 11) is 3.09. The number of nitrogens with one attached hydrogen (secondary N) is 1. The van der Waals surface area contributed by atoms with Gasteiger partial charge in [-0.05, 0) is 19.2 Å². The summed E-state index contributed by atoms with van der Waals surface area (Å²) in [6.45, 7) is 0.112. The van der Waals surface area contributed by atoms with Gasteiger partial charge < -0.3 is 15.2 Å². The van der Waals surface area contributed by atoms with E-state index in [2.05, 4.69) is 5.32 Å². The maximum Gasteiger partial charge on any atom is 0.181 e. The van der Waals surface area contributed by atoms with Crippen LogP contribution >= 0.6 is 11.6 Å². The Morgan fingerprint density at radius 3 is 2.80 bits per heavy atom. The average Bonchev–Trinajstić information content (AvgIpc) is 2.18. The van der Waals surface area contributed by atoms with Gasteiger partial charge >= 0.3 is 0 Å². The molecule has 0 radical (unpaired) electrons. The monoisotopic (exact) mass is 229 g/mol. The second-order valence-corrected chi connectivity index (χ2v) is 3.31. The fourth-order valence-electron chi connectivity index (χ4n) is 1.22. The normalized spacial score (nSPS) is 10.1. The maximum atomic E-state index is 11.6. The van der Waals surface area contributed by atoms with E-state index in [1.165, 1.54) is 19.2 Å². The number of phenols is 1. The molecule has 2 N–H and O–H groups in total. The minimum atomic E-state index is -0.279. The molecule has 0 fully saturated rings. The van der Waals surface area contributed by atoms with Crippen LogP contribution in [0, 0.1) is 0 Å². The third-order valence-electron chi connectivity index (χ3n) is 1.92. The van der Waals surface area contributed by atoms with Crippen LogP contribution < -0.4 is 10.1 Å². The first-order chi connectivity index (χ1) is 7.11. The van der Waals surface area contributed by atoms with Crippen LogP contribution in [0.4, 0.5) is 0 Å². The van der Waals surface area contributed by atoms with Crippen molar-refractivity contribution >= 4 is 17.4 Å². The van der Waals surface area contributed by atoms with E-state index in [1.807, 2.05) is 0 Å². The second kappa shape index (κ2) is 5.00. The largest absolute Gasteiger partial charge is 0.507 e. The lowest BCUT2D eigenvalue weighted by molar-refractivity contribution is 0.0991. The van der Waals surface area contributed by atoms with Crippen LogP contribution in [0.1, 0.15) is 10.4 Å². The number of ether oxygens (including phenoxy) is 1. The van der Waals surface area contributed by atoms with E-state index in [-0.39, 0.29) is 28.7 Å². The Bertz CT molecular complexity index is 379. The van der Waals surface area contributed by atoms with Gasteiger partial charge in [0.05, 0.1) is 24.2 Å². The number of methoxy groups -OCH3 is 1. The fraction of sp³-hybridized carbons (Fsp3) is 0.300. The molecule has 1 rings (SSSR count). The number of hydrogen-bond acceptors (Lipinski definition) is 4. The van der Waals surface area contributed by atoms with Crippen LogP contribution in [0.25, 0.3) is 0 Å². The fourth-order valence-corrected chi connectivity index (χ4v) is 1.56. The highest BCUT2D eigenvalue weighted by molar-refractivity contribution is 6.35. The summed E-state index contributed by atoms with van der Waals surface area (Å²) in [6, 6.07) is 2.89. The minimum Gasteiger partial charge on any atom is -0.507 e. The number of aromatic hydroxyl groups is 1. The number of rotatable bonds is 4. The predicted molar refractivity (Wildman–Crippen MR) is 57.9 cm³/mol. The van der Waals surface area contributed by atoms with Gasteiger partial charge in [-0.2, -0.15) is 0 Å². The molecule has 0 aliphatic heterocycles. The van der Waals surface area contributed by atoms with Gasteiger partial charge in [0.15, 0.2) is 5.78 Å². The average molecular weight is 230 g/mol. The standard InChI is InChI=1S/C10H12ClNO3/c1-12-5-7(14)9-6(13)3-4-8(15-2)10(9)11/h3-4,12-13H,5H2,1-2H3. The highest BCUT2D eigenvalue weighted by Gasteiger charge is 2.18. The number of Topliss-reactive ketones (excluding diaryl/α,β-unsaturated/α-hetero) is 1. The van der Waals surface area contributed by atoms with E-state index in [9.17, 15) is 9.90 Å². The van der Waals surface area contributed by atoms with E-state index < -0.39 is 0 Å². The lowest BCUT2D eigenvalue weighted by Crippen LogP contribution is -2.19. The van der Waals surface area contributed by atoms with E-state index in [4.69, 9.17) is 16.3 Å². The third kappa shape index (κ3) is 2.40. The van der Waals surface area contributed by atoms with Crippen molar-refractivity contribution in [3.63, 3.8) is 0 Å². The van der Waals surface area contributed by atoms with Crippen molar-refractivity contribution in [2.24, 2.45) is 0 Å². The van der Waals surface area contributed by atoms with E-state index in [0.717, 1.165) is 0 Å². The maximum absolute atomic E-state index is 11.6. The molecular weight excluding hydrogens is 218 g/mol. The van der Waals surface area contributed by atoms with E-state index in [0.29, 0.717) is 5.75 Å². The highest BCUT2D eigenvalue weighted by Crippen LogP contribution is 2.34. The molecule has 0 amide bonds. The molecule has 82 valence electrons. The molecule has 0 aliphatic rings. The molecule has 0 saturated carbocycles. The molecule has 0 aliphatic carbocycles. The zero-order valence-electron chi connectivity index (χ0n) is 8.50. The zero-order chi connectivity index (χ0) is 11.4. The van der Waals surface area contributed by atoms with Gasteiger partial charge in [-0.1, -0.05) is 11.6 Å². The first kappa shape index (κ1) is 11.8. The molecule has 4 nitrogen and oxygen atoms in total. The molecule has 0 spiro atoms. The summed E-state index contributed by atoms with van der Waals surface area (Å²) < 4.78 is 4.95. The molecule has 0 unspecified atom stereocenters. The molecular formula is C10H12ClNO3. The van der Waals surface area contributed by atoms with Crippen LogP contribution in [-0.4, -0.2) is 31.6 Å². The van der Waals surface area contributed by atoms with Gasteiger partial charge in [0.2, 0.25) is 0 Å². The smallest absolute Gasteiger partial charge is 0.181 e. The van der Waals surface area contributed by atoms with Crippen molar-refractivity contribution in [1.82, 2.24) is 5.32 Å². The Hall–Kier alpha value is -1.26. The predicted octanol–water partition coefficient (Wildman–Crippen LogP) is 1.46. The summed E-state index contributed by atoms with van der Waals surface area (Å²) in [4.78, 5) is 11.6. The summed E-state index contributed by atoms with van der Waals surface area (Å²) >= 11 is 5.91. The molecule has 15 heavy (non-hydrogen) atoms. The van der Waals surface area contributed by atoms with Crippen molar-refractivity contribution in [1.29, 1.82) is 0 Å². The minimum absolute atomic E-state index is 0.0883. The summed E-state index contributed by atoms with van der Waals surface area (Å²) in [6.07, 6.45) is 0. The molecule has 1 aromatic carbocycles. The number of carbonyl (C=O) groups excluding carboxylic acids is 1. The molecule has 0 saturated heterocycles. The Kier molecular flexibility index (Phi) is 3.94. The number of carbonyl (C=O) groups is 1. The number of ketones is 1. The summed E-state index contributed by atoms with van der Waals surface area (Å²) in [5.74, 6) is -0.0473. The Balaban J connectivity index is 3.20. The topological polar surface area (TPSA) is 58.6 Å². The Morgan fingerprint density at radius 2 is 2.27 bits per heavy atom. The molecule has 0 heterocycles. The highest BCUT2D eigenvalue weighted by atomic mass is 35.5. The second-order valence-electron chi connectivity index (χ2n) is 2.93. The van der Waals surface area contributed by atoms with Crippen molar-refractivity contribution < 1.29 is 14.6 Å². The number of likely N-dealkylation sites (N-methyl/N-ethyl adjacent to an activating group) is 1. The zero-order valence-corrected chi connectivity index (χ0v) is 9.26. The van der Waals surface area contributed by atoms with E-state index in [1.54, 1.807) is 7.05 Å². The van der Waals surface area contributed by atoms with Gasteiger partial charge in [0.25, 0.3) is 0 Å². The van der Waals surface area contributed by atoms with Crippen LogP contribution in [0.3, 0.4) is 0 Å². The summed E-state index contributed by atoms with van der Waals surface area (Å²) in [5, 5.41) is 12.4. The molecule has 5 heteroatoms. The van der Waals surface area contributed by atoms with Gasteiger partial charge in [0.1, 0.15) is 11.5 Å². The molecule has 0 aromatic heterocycles.